The molecule has 0 unspecified atom stereocenters. The van der Waals surface area contributed by atoms with Crippen LogP contribution in [0.2, 0.25) is 0 Å². The molecule has 0 spiro atoms. The van der Waals surface area contributed by atoms with Crippen LogP contribution in [0, 0.1) is 12.8 Å². The molecule has 3 rings (SSSR count). The standard InChI is InChI=1S/C18H25N3OS/c1-14-19-10-17(23-14)11-20-18-5-3-2-4-16(18)12-21-8-6-15(13-22)7-9-21/h2-5,10,15,20,22H,6-9,11-13H2,1H3. The number of hydrogen-bond donors (Lipinski definition) is 2. The first-order valence-electron chi connectivity index (χ1n) is 8.31. The van der Waals surface area contributed by atoms with Gasteiger partial charge < -0.3 is 10.4 Å². The summed E-state index contributed by atoms with van der Waals surface area (Å²) in [5.41, 5.74) is 2.55. The average molecular weight is 331 g/mol. The second-order valence-electron chi connectivity index (χ2n) is 6.26. The fourth-order valence-corrected chi connectivity index (χ4v) is 3.80. The van der Waals surface area contributed by atoms with Gasteiger partial charge in [0.15, 0.2) is 0 Å². The summed E-state index contributed by atoms with van der Waals surface area (Å²) in [6.45, 7) is 6.33. The third-order valence-corrected chi connectivity index (χ3v) is 5.41. The monoisotopic (exact) mass is 331 g/mol. The largest absolute Gasteiger partial charge is 0.396 e. The molecule has 1 aromatic carbocycles. The number of rotatable bonds is 6. The maximum atomic E-state index is 9.26. The number of benzene rings is 1. The predicted molar refractivity (Wildman–Crippen MR) is 95.7 cm³/mol. The van der Waals surface area contributed by atoms with Gasteiger partial charge in [-0.25, -0.2) is 4.98 Å². The van der Waals surface area contributed by atoms with Gasteiger partial charge in [-0.2, -0.15) is 0 Å². The zero-order valence-electron chi connectivity index (χ0n) is 13.7. The molecule has 1 fully saturated rings. The van der Waals surface area contributed by atoms with Crippen LogP contribution in [-0.2, 0) is 13.1 Å². The molecule has 0 saturated carbocycles. The molecular formula is C18H25N3OS. The Morgan fingerprint density at radius 3 is 2.78 bits per heavy atom. The van der Waals surface area contributed by atoms with Crippen molar-refractivity contribution in [3.8, 4) is 0 Å². The number of para-hydroxylation sites is 1. The summed E-state index contributed by atoms with van der Waals surface area (Å²) in [5, 5.41) is 13.9. The van der Waals surface area contributed by atoms with E-state index in [1.807, 2.05) is 13.1 Å². The highest BCUT2D eigenvalue weighted by atomic mass is 32.1. The van der Waals surface area contributed by atoms with Crippen molar-refractivity contribution >= 4 is 17.0 Å². The third-order valence-electron chi connectivity index (χ3n) is 4.50. The van der Waals surface area contributed by atoms with Gasteiger partial charge in [0.1, 0.15) is 0 Å². The molecule has 0 bridgehead atoms. The van der Waals surface area contributed by atoms with E-state index in [1.165, 1.54) is 16.1 Å². The minimum absolute atomic E-state index is 0.334. The van der Waals surface area contributed by atoms with E-state index in [1.54, 1.807) is 11.3 Å². The Labute approximate surface area is 142 Å². The van der Waals surface area contributed by atoms with Crippen LogP contribution in [0.5, 0.6) is 0 Å². The molecule has 0 aliphatic carbocycles. The van der Waals surface area contributed by atoms with Crippen molar-refractivity contribution in [1.82, 2.24) is 9.88 Å². The van der Waals surface area contributed by atoms with Gasteiger partial charge in [0, 0.05) is 29.9 Å². The Balaban J connectivity index is 1.59. The zero-order chi connectivity index (χ0) is 16.1. The molecule has 4 nitrogen and oxygen atoms in total. The predicted octanol–water partition coefficient (Wildman–Crippen LogP) is 3.27. The molecule has 124 valence electrons. The number of aliphatic hydroxyl groups is 1. The number of aliphatic hydroxyl groups excluding tert-OH is 1. The molecule has 5 heteroatoms. The highest BCUT2D eigenvalue weighted by molar-refractivity contribution is 7.11. The van der Waals surface area contributed by atoms with Crippen molar-refractivity contribution in [2.24, 2.45) is 5.92 Å². The van der Waals surface area contributed by atoms with E-state index in [9.17, 15) is 5.11 Å². The minimum Gasteiger partial charge on any atom is -0.396 e. The first-order valence-corrected chi connectivity index (χ1v) is 9.12. The van der Waals surface area contributed by atoms with E-state index in [2.05, 4.69) is 39.5 Å². The van der Waals surface area contributed by atoms with Crippen molar-refractivity contribution in [1.29, 1.82) is 0 Å². The van der Waals surface area contributed by atoms with Gasteiger partial charge in [0.25, 0.3) is 0 Å². The summed E-state index contributed by atoms with van der Waals surface area (Å²) in [4.78, 5) is 8.06. The molecule has 2 heterocycles. The van der Waals surface area contributed by atoms with Gasteiger partial charge in [-0.1, -0.05) is 18.2 Å². The molecule has 1 saturated heterocycles. The maximum absolute atomic E-state index is 9.26. The van der Waals surface area contributed by atoms with E-state index in [0.717, 1.165) is 44.0 Å². The molecule has 0 atom stereocenters. The van der Waals surface area contributed by atoms with E-state index < -0.39 is 0 Å². The first-order chi connectivity index (χ1) is 11.2. The van der Waals surface area contributed by atoms with Gasteiger partial charge in [-0.05, 0) is 50.4 Å². The molecule has 1 aliphatic heterocycles. The lowest BCUT2D eigenvalue weighted by atomic mass is 9.97. The van der Waals surface area contributed by atoms with Crippen molar-refractivity contribution in [3.63, 3.8) is 0 Å². The summed E-state index contributed by atoms with van der Waals surface area (Å²) in [5.74, 6) is 0.495. The van der Waals surface area contributed by atoms with Crippen LogP contribution < -0.4 is 5.32 Å². The lowest BCUT2D eigenvalue weighted by molar-refractivity contribution is 0.127. The Morgan fingerprint density at radius 1 is 1.30 bits per heavy atom. The summed E-state index contributed by atoms with van der Waals surface area (Å²) >= 11 is 1.74. The highest BCUT2D eigenvalue weighted by Gasteiger charge is 2.19. The molecule has 2 aromatic rings. The van der Waals surface area contributed by atoms with Crippen molar-refractivity contribution in [2.45, 2.75) is 32.9 Å². The second kappa shape index (κ2) is 7.90. The fourth-order valence-electron chi connectivity index (χ4n) is 3.07. The molecule has 23 heavy (non-hydrogen) atoms. The van der Waals surface area contributed by atoms with Crippen LogP contribution in [0.15, 0.2) is 30.5 Å². The van der Waals surface area contributed by atoms with E-state index in [0.29, 0.717) is 12.5 Å². The lowest BCUT2D eigenvalue weighted by Gasteiger charge is -2.31. The van der Waals surface area contributed by atoms with Crippen LogP contribution in [0.1, 0.15) is 28.3 Å². The van der Waals surface area contributed by atoms with E-state index in [4.69, 9.17) is 0 Å². The Hall–Kier alpha value is -1.43. The average Bonchev–Trinajstić information content (AvgIpc) is 3.00. The molecule has 1 aromatic heterocycles. The highest BCUT2D eigenvalue weighted by Crippen LogP contribution is 2.23. The normalized spacial score (nSPS) is 16.6. The first kappa shape index (κ1) is 16.4. The number of piperidine rings is 1. The van der Waals surface area contributed by atoms with Crippen LogP contribution >= 0.6 is 11.3 Å². The van der Waals surface area contributed by atoms with Gasteiger partial charge in [-0.3, -0.25) is 4.90 Å². The van der Waals surface area contributed by atoms with Gasteiger partial charge in [0.05, 0.1) is 11.6 Å². The van der Waals surface area contributed by atoms with Crippen LogP contribution in [0.4, 0.5) is 5.69 Å². The SMILES string of the molecule is Cc1ncc(CNc2ccccc2CN2CCC(CO)CC2)s1. The van der Waals surface area contributed by atoms with E-state index in [-0.39, 0.29) is 0 Å². The zero-order valence-corrected chi connectivity index (χ0v) is 14.5. The Morgan fingerprint density at radius 2 is 2.09 bits per heavy atom. The number of thiazole rings is 1. The molecule has 1 aliphatic rings. The number of aromatic nitrogens is 1. The van der Waals surface area contributed by atoms with E-state index >= 15 is 0 Å². The second-order valence-corrected chi connectivity index (χ2v) is 7.58. The number of nitrogens with one attached hydrogen (secondary N) is 1. The molecule has 2 N–H and O–H groups in total. The van der Waals surface area contributed by atoms with Crippen LogP contribution in [-0.4, -0.2) is 34.7 Å². The molecule has 0 amide bonds. The van der Waals surface area contributed by atoms with Gasteiger partial charge >= 0.3 is 0 Å². The summed E-state index contributed by atoms with van der Waals surface area (Å²) in [6.07, 6.45) is 4.16. The summed E-state index contributed by atoms with van der Waals surface area (Å²) < 4.78 is 0. The van der Waals surface area contributed by atoms with Crippen LogP contribution in [0.25, 0.3) is 0 Å². The summed E-state index contributed by atoms with van der Waals surface area (Å²) in [6, 6.07) is 8.56. The number of anilines is 1. The maximum Gasteiger partial charge on any atom is 0.0897 e. The lowest BCUT2D eigenvalue weighted by Crippen LogP contribution is -2.34. The topological polar surface area (TPSA) is 48.4 Å². The van der Waals surface area contributed by atoms with Crippen molar-refractivity contribution < 1.29 is 5.11 Å². The molecule has 0 radical (unpaired) electrons. The Bertz CT molecular complexity index is 620. The Kier molecular flexibility index (Phi) is 5.65. The quantitative estimate of drug-likeness (QED) is 0.853. The van der Waals surface area contributed by atoms with Crippen molar-refractivity contribution in [2.75, 3.05) is 25.0 Å². The summed E-state index contributed by atoms with van der Waals surface area (Å²) in [7, 11) is 0. The fraction of sp³-hybridized carbons (Fsp3) is 0.500. The minimum atomic E-state index is 0.334. The van der Waals surface area contributed by atoms with Crippen LogP contribution in [0.3, 0.4) is 0 Å². The number of hydrogen-bond acceptors (Lipinski definition) is 5. The van der Waals surface area contributed by atoms with Gasteiger partial charge in [-0.15, -0.1) is 11.3 Å². The number of likely N-dealkylation sites (tertiary alicyclic amines) is 1. The molecular weight excluding hydrogens is 306 g/mol. The van der Waals surface area contributed by atoms with Crippen molar-refractivity contribution in [3.05, 3.63) is 45.9 Å². The smallest absolute Gasteiger partial charge is 0.0897 e. The third kappa shape index (κ3) is 4.53. The van der Waals surface area contributed by atoms with Gasteiger partial charge in [0.2, 0.25) is 0 Å². The number of aryl methyl sites for hydroxylation is 1. The number of nitrogens with zero attached hydrogens (tertiary/aromatic N) is 2.